The molecule has 1 heterocycles. The Morgan fingerprint density at radius 2 is 1.53 bits per heavy atom. The molecule has 1 aliphatic rings. The number of hydrogen-bond donors (Lipinski definition) is 3. The number of amides is 1. The van der Waals surface area contributed by atoms with E-state index in [0.717, 1.165) is 73.4 Å². The normalized spacial score (nSPS) is 16.2. The first-order valence-corrected chi connectivity index (χ1v) is 10.9. The summed E-state index contributed by atoms with van der Waals surface area (Å²) in [6, 6.07) is 17.9. The second-order valence-electron chi connectivity index (χ2n) is 8.08. The fourth-order valence-corrected chi connectivity index (χ4v) is 4.22. The van der Waals surface area contributed by atoms with Crippen LogP contribution in [-0.2, 0) is 4.74 Å². The van der Waals surface area contributed by atoms with Crippen molar-refractivity contribution in [2.24, 2.45) is 0 Å². The molecule has 0 atom stereocenters. The highest BCUT2D eigenvalue weighted by atomic mass is 16.6. The van der Waals surface area contributed by atoms with Gasteiger partial charge in [-0.05, 0) is 25.7 Å². The van der Waals surface area contributed by atoms with Gasteiger partial charge in [-0.25, -0.2) is 4.79 Å². The van der Waals surface area contributed by atoms with Crippen molar-refractivity contribution < 1.29 is 14.0 Å². The standard InChI is InChI=1S/C24H34N4O2/c1-25-14-18-28(19-15-26-2)16-12-21(13-17-28)30-24(29)27-23-11-7-6-10-22(23)20-8-4-3-5-9-20/h3-11,21,25-26H,12-19H2,1-2H3/p+1. The van der Waals surface area contributed by atoms with E-state index in [2.05, 4.69) is 16.0 Å². The van der Waals surface area contributed by atoms with Crippen LogP contribution in [0.25, 0.3) is 11.1 Å². The Morgan fingerprint density at radius 1 is 0.933 bits per heavy atom. The van der Waals surface area contributed by atoms with Crippen LogP contribution in [0.1, 0.15) is 12.8 Å². The minimum absolute atomic E-state index is 0.0238. The fourth-order valence-electron chi connectivity index (χ4n) is 4.22. The number of likely N-dealkylation sites (tertiary alicyclic amines) is 1. The number of quaternary nitrogens is 1. The molecule has 6 nitrogen and oxygen atoms in total. The maximum atomic E-state index is 12.6. The van der Waals surface area contributed by atoms with Crippen LogP contribution in [0.4, 0.5) is 10.5 Å². The molecule has 1 fully saturated rings. The van der Waals surface area contributed by atoms with Gasteiger partial charge in [-0.2, -0.15) is 0 Å². The number of carbonyl (C=O) groups excluding carboxylic acids is 1. The van der Waals surface area contributed by atoms with E-state index in [-0.39, 0.29) is 12.2 Å². The summed E-state index contributed by atoms with van der Waals surface area (Å²) in [6.45, 7) is 6.32. The summed E-state index contributed by atoms with van der Waals surface area (Å²) in [5.74, 6) is 0. The molecule has 0 radical (unpaired) electrons. The third-order valence-electron chi connectivity index (χ3n) is 6.05. The number of piperidine rings is 1. The summed E-state index contributed by atoms with van der Waals surface area (Å²) < 4.78 is 6.88. The van der Waals surface area contributed by atoms with Gasteiger partial charge in [0.25, 0.3) is 0 Å². The molecule has 3 rings (SSSR count). The molecule has 6 heteroatoms. The second-order valence-corrected chi connectivity index (χ2v) is 8.08. The largest absolute Gasteiger partial charge is 0.446 e. The summed E-state index contributed by atoms with van der Waals surface area (Å²) >= 11 is 0. The zero-order valence-corrected chi connectivity index (χ0v) is 18.2. The van der Waals surface area contributed by atoms with Crippen molar-refractivity contribution >= 4 is 11.8 Å². The summed E-state index contributed by atoms with van der Waals surface area (Å²) in [4.78, 5) is 12.6. The Labute approximate surface area is 180 Å². The zero-order chi connectivity index (χ0) is 21.2. The summed E-state index contributed by atoms with van der Waals surface area (Å²) in [6.07, 6.45) is 1.42. The van der Waals surface area contributed by atoms with Crippen molar-refractivity contribution in [1.82, 2.24) is 10.6 Å². The van der Waals surface area contributed by atoms with E-state index in [9.17, 15) is 4.79 Å². The molecule has 3 N–H and O–H groups in total. The molecule has 0 bridgehead atoms. The lowest BCUT2D eigenvalue weighted by Gasteiger charge is -2.43. The summed E-state index contributed by atoms with van der Waals surface area (Å²) in [7, 11) is 4.00. The number of ether oxygens (including phenoxy) is 1. The molecule has 2 aromatic carbocycles. The van der Waals surface area contributed by atoms with E-state index in [1.807, 2.05) is 68.7 Å². The van der Waals surface area contributed by atoms with Crippen LogP contribution in [0.5, 0.6) is 0 Å². The van der Waals surface area contributed by atoms with E-state index >= 15 is 0 Å². The smallest absolute Gasteiger partial charge is 0.411 e. The van der Waals surface area contributed by atoms with Gasteiger partial charge >= 0.3 is 6.09 Å². The average Bonchev–Trinajstić information content (AvgIpc) is 2.79. The lowest BCUT2D eigenvalue weighted by Crippen LogP contribution is -2.58. The fraction of sp³-hybridized carbons (Fsp3) is 0.458. The zero-order valence-electron chi connectivity index (χ0n) is 18.2. The first-order valence-electron chi connectivity index (χ1n) is 10.9. The number of para-hydroxylation sites is 1. The van der Waals surface area contributed by atoms with Gasteiger partial charge in [0.15, 0.2) is 0 Å². The Balaban J connectivity index is 1.57. The predicted molar refractivity (Wildman–Crippen MR) is 123 cm³/mol. The molecule has 2 aromatic rings. The van der Waals surface area contributed by atoms with Gasteiger partial charge in [0.2, 0.25) is 0 Å². The topological polar surface area (TPSA) is 62.4 Å². The lowest BCUT2D eigenvalue weighted by atomic mass is 10.0. The molecular formula is C24H35N4O2+. The highest BCUT2D eigenvalue weighted by Gasteiger charge is 2.34. The predicted octanol–water partition coefficient (Wildman–Crippen LogP) is 3.32. The maximum absolute atomic E-state index is 12.6. The highest BCUT2D eigenvalue weighted by molar-refractivity contribution is 5.91. The van der Waals surface area contributed by atoms with Gasteiger partial charge in [0.05, 0.1) is 31.9 Å². The van der Waals surface area contributed by atoms with E-state index in [4.69, 9.17) is 4.74 Å². The monoisotopic (exact) mass is 411 g/mol. The van der Waals surface area contributed by atoms with Crippen molar-refractivity contribution in [2.45, 2.75) is 18.9 Å². The van der Waals surface area contributed by atoms with E-state index in [1.54, 1.807) is 0 Å². The Hall–Kier alpha value is -2.41. The Morgan fingerprint density at radius 3 is 2.17 bits per heavy atom. The van der Waals surface area contributed by atoms with Gasteiger partial charge in [-0.15, -0.1) is 0 Å². The molecule has 30 heavy (non-hydrogen) atoms. The molecule has 0 aromatic heterocycles. The lowest BCUT2D eigenvalue weighted by molar-refractivity contribution is -0.931. The van der Waals surface area contributed by atoms with Crippen LogP contribution in [0.2, 0.25) is 0 Å². The van der Waals surface area contributed by atoms with E-state index in [1.165, 1.54) is 0 Å². The number of likely N-dealkylation sites (N-methyl/N-ethyl adjacent to an activating group) is 2. The average molecular weight is 412 g/mol. The summed E-state index contributed by atoms with van der Waals surface area (Å²) in [5.41, 5.74) is 2.84. The second kappa shape index (κ2) is 11.1. The summed E-state index contributed by atoms with van der Waals surface area (Å²) in [5, 5.41) is 9.51. The van der Waals surface area contributed by atoms with Crippen LogP contribution in [0.3, 0.4) is 0 Å². The molecule has 1 saturated heterocycles. The third-order valence-corrected chi connectivity index (χ3v) is 6.05. The van der Waals surface area contributed by atoms with Gasteiger partial charge in [-0.3, -0.25) is 5.32 Å². The van der Waals surface area contributed by atoms with Crippen molar-refractivity contribution in [2.75, 3.05) is 58.7 Å². The molecule has 0 aliphatic carbocycles. The van der Waals surface area contributed by atoms with Crippen molar-refractivity contribution in [3.63, 3.8) is 0 Å². The molecule has 0 unspecified atom stereocenters. The van der Waals surface area contributed by atoms with Gasteiger partial charge in [-0.1, -0.05) is 48.5 Å². The molecule has 0 saturated carbocycles. The Kier molecular flexibility index (Phi) is 8.25. The van der Waals surface area contributed by atoms with Crippen LogP contribution in [0.15, 0.2) is 54.6 Å². The van der Waals surface area contributed by atoms with Crippen molar-refractivity contribution in [1.29, 1.82) is 0 Å². The molecule has 1 amide bonds. The number of hydrogen-bond acceptors (Lipinski definition) is 4. The van der Waals surface area contributed by atoms with Crippen molar-refractivity contribution in [3.8, 4) is 11.1 Å². The Bertz CT molecular complexity index is 779. The number of anilines is 1. The van der Waals surface area contributed by atoms with Crippen LogP contribution < -0.4 is 16.0 Å². The maximum Gasteiger partial charge on any atom is 0.411 e. The van der Waals surface area contributed by atoms with E-state index in [0.29, 0.717) is 0 Å². The third kappa shape index (κ3) is 6.05. The molecular weight excluding hydrogens is 376 g/mol. The number of rotatable bonds is 9. The first-order chi connectivity index (χ1) is 14.7. The SMILES string of the molecule is CNCC[N+]1(CCNC)CCC(OC(=O)Nc2ccccc2-c2ccccc2)CC1. The molecule has 1 aliphatic heterocycles. The highest BCUT2D eigenvalue weighted by Crippen LogP contribution is 2.28. The van der Waals surface area contributed by atoms with Gasteiger partial charge < -0.3 is 19.9 Å². The molecule has 162 valence electrons. The van der Waals surface area contributed by atoms with Gasteiger partial charge in [0.1, 0.15) is 6.10 Å². The number of benzene rings is 2. The van der Waals surface area contributed by atoms with Crippen molar-refractivity contribution in [3.05, 3.63) is 54.6 Å². The number of nitrogens with one attached hydrogen (secondary N) is 3. The first kappa shape index (κ1) is 22.3. The molecule has 0 spiro atoms. The van der Waals surface area contributed by atoms with Crippen LogP contribution >= 0.6 is 0 Å². The quantitative estimate of drug-likeness (QED) is 0.554. The van der Waals surface area contributed by atoms with Crippen LogP contribution in [-0.4, -0.2) is 70.0 Å². The number of carbonyl (C=O) groups is 1. The van der Waals surface area contributed by atoms with E-state index < -0.39 is 0 Å². The minimum atomic E-state index is -0.367. The van der Waals surface area contributed by atoms with Gasteiger partial charge in [0, 0.05) is 31.5 Å². The van der Waals surface area contributed by atoms with Crippen LogP contribution in [0, 0.1) is 0 Å². The number of nitrogens with zero attached hydrogens (tertiary/aromatic N) is 1. The minimum Gasteiger partial charge on any atom is -0.446 e.